The third kappa shape index (κ3) is 3.71. The molecule has 6 rings (SSSR count). The third-order valence-corrected chi connectivity index (χ3v) is 9.37. The summed E-state index contributed by atoms with van der Waals surface area (Å²) in [6, 6.07) is 13.1. The predicted octanol–water partition coefficient (Wildman–Crippen LogP) is 6.46. The van der Waals surface area contributed by atoms with Gasteiger partial charge in [-0.25, -0.2) is 4.98 Å². The summed E-state index contributed by atoms with van der Waals surface area (Å²) in [4.78, 5) is 17.4. The number of carbonyl (C=O) groups is 1. The molecule has 1 aromatic carbocycles. The molecule has 0 bridgehead atoms. The molecule has 1 fully saturated rings. The second-order valence-electron chi connectivity index (χ2n) is 11.5. The van der Waals surface area contributed by atoms with Gasteiger partial charge in [-0.2, -0.15) is 5.10 Å². The van der Waals surface area contributed by atoms with Gasteiger partial charge in [-0.1, -0.05) is 51.1 Å². The number of carbonyl (C=O) groups excluding carboxylic acids is 1. The van der Waals surface area contributed by atoms with Crippen LogP contribution in [0.5, 0.6) is 0 Å². The summed E-state index contributed by atoms with van der Waals surface area (Å²) in [7, 11) is 0. The molecule has 0 radical (unpaired) electrons. The maximum atomic E-state index is 12.9. The highest BCUT2D eigenvalue weighted by Crippen LogP contribution is 2.64. The van der Waals surface area contributed by atoms with Crippen molar-refractivity contribution < 1.29 is 4.79 Å². The van der Waals surface area contributed by atoms with Crippen molar-refractivity contribution in [3.8, 4) is 0 Å². The van der Waals surface area contributed by atoms with Crippen molar-refractivity contribution in [3.63, 3.8) is 0 Å². The normalized spacial score (nSPS) is 28.7. The Kier molecular flexibility index (Phi) is 5.54. The Balaban J connectivity index is 1.22. The standard InChI is InChI=1S/C30H36N4O/c1-18(2)20-9-12-26(31-16-20)33-27(35)13-11-24-25-17-32-34-29(25)30(3)15-14-22-21-7-5-4-6-19(21)8-10-23(22)28(24)30/h4-7,9,12,16-18,22-24,28H,8,10-11,13-15H2,1-3H3,(H,32,34)(H,31,33,35)/t22?,23?,24-,28?,30+/m1/s1. The Bertz CT molecular complexity index is 1230. The van der Waals surface area contributed by atoms with Gasteiger partial charge >= 0.3 is 0 Å². The first kappa shape index (κ1) is 22.5. The van der Waals surface area contributed by atoms with Crippen molar-refractivity contribution in [2.24, 2.45) is 11.8 Å². The monoisotopic (exact) mass is 468 g/mol. The molecule has 182 valence electrons. The molecule has 0 spiro atoms. The maximum absolute atomic E-state index is 12.9. The molecule has 3 unspecified atom stereocenters. The van der Waals surface area contributed by atoms with Gasteiger partial charge in [0, 0.05) is 23.7 Å². The number of amides is 1. The zero-order chi connectivity index (χ0) is 24.2. The molecule has 3 aliphatic rings. The zero-order valence-electron chi connectivity index (χ0n) is 21.1. The van der Waals surface area contributed by atoms with Crippen LogP contribution in [0.1, 0.15) is 98.6 Å². The number of aromatic nitrogens is 3. The predicted molar refractivity (Wildman–Crippen MR) is 139 cm³/mol. The van der Waals surface area contributed by atoms with Crippen molar-refractivity contribution in [3.05, 3.63) is 76.7 Å². The molecule has 2 N–H and O–H groups in total. The number of hydrogen-bond donors (Lipinski definition) is 2. The van der Waals surface area contributed by atoms with E-state index in [4.69, 9.17) is 0 Å². The fourth-order valence-corrected chi connectivity index (χ4v) is 7.68. The molecule has 3 aliphatic carbocycles. The molecule has 5 atom stereocenters. The van der Waals surface area contributed by atoms with E-state index in [0.29, 0.717) is 41.8 Å². The molecule has 1 saturated carbocycles. The molecule has 0 aliphatic heterocycles. The maximum Gasteiger partial charge on any atom is 0.225 e. The van der Waals surface area contributed by atoms with Gasteiger partial charge in [0.1, 0.15) is 5.82 Å². The van der Waals surface area contributed by atoms with E-state index in [1.165, 1.54) is 42.5 Å². The first-order valence-corrected chi connectivity index (χ1v) is 13.3. The number of benzene rings is 1. The Labute approximate surface area is 208 Å². The molecule has 5 nitrogen and oxygen atoms in total. The van der Waals surface area contributed by atoms with E-state index in [1.54, 1.807) is 11.1 Å². The van der Waals surface area contributed by atoms with Crippen LogP contribution < -0.4 is 5.32 Å². The smallest absolute Gasteiger partial charge is 0.225 e. The van der Waals surface area contributed by atoms with Gasteiger partial charge in [-0.05, 0) is 90.0 Å². The first-order valence-electron chi connectivity index (χ1n) is 13.3. The van der Waals surface area contributed by atoms with Crippen molar-refractivity contribution in [2.75, 3.05) is 5.32 Å². The van der Waals surface area contributed by atoms with E-state index < -0.39 is 0 Å². The molecule has 2 aromatic heterocycles. The van der Waals surface area contributed by atoms with Crippen LogP contribution in [0.2, 0.25) is 0 Å². The van der Waals surface area contributed by atoms with E-state index in [9.17, 15) is 4.79 Å². The molecule has 1 amide bonds. The summed E-state index contributed by atoms with van der Waals surface area (Å²) >= 11 is 0. The fraction of sp³-hybridized carbons (Fsp3) is 0.500. The minimum Gasteiger partial charge on any atom is -0.311 e. The van der Waals surface area contributed by atoms with Gasteiger partial charge in [-0.3, -0.25) is 9.89 Å². The highest BCUT2D eigenvalue weighted by Gasteiger charge is 2.57. The lowest BCUT2D eigenvalue weighted by Crippen LogP contribution is -2.44. The summed E-state index contributed by atoms with van der Waals surface area (Å²) in [5.74, 6) is 3.33. The van der Waals surface area contributed by atoms with Gasteiger partial charge in [0.05, 0.1) is 6.20 Å². The van der Waals surface area contributed by atoms with Gasteiger partial charge in [0.2, 0.25) is 5.91 Å². The van der Waals surface area contributed by atoms with Crippen LogP contribution in [0.3, 0.4) is 0 Å². The average molecular weight is 469 g/mol. The number of fused-ring (bicyclic) bond motifs is 7. The van der Waals surface area contributed by atoms with E-state index in [1.807, 2.05) is 18.5 Å². The van der Waals surface area contributed by atoms with Crippen LogP contribution in [0.4, 0.5) is 5.82 Å². The molecule has 3 aromatic rings. The summed E-state index contributed by atoms with van der Waals surface area (Å²) < 4.78 is 0. The van der Waals surface area contributed by atoms with Gasteiger partial charge < -0.3 is 5.32 Å². The van der Waals surface area contributed by atoms with Crippen molar-refractivity contribution in [1.29, 1.82) is 0 Å². The van der Waals surface area contributed by atoms with Crippen LogP contribution >= 0.6 is 0 Å². The number of hydrogen-bond acceptors (Lipinski definition) is 3. The van der Waals surface area contributed by atoms with E-state index in [2.05, 4.69) is 71.6 Å². The first-order chi connectivity index (χ1) is 17.0. The summed E-state index contributed by atoms with van der Waals surface area (Å²) in [6.45, 7) is 6.75. The molecule has 2 heterocycles. The molecule has 35 heavy (non-hydrogen) atoms. The fourth-order valence-electron chi connectivity index (χ4n) is 7.68. The van der Waals surface area contributed by atoms with E-state index in [0.717, 1.165) is 6.42 Å². The van der Waals surface area contributed by atoms with Crippen LogP contribution in [0.25, 0.3) is 0 Å². The summed E-state index contributed by atoms with van der Waals surface area (Å²) in [5.41, 5.74) is 7.10. The third-order valence-electron chi connectivity index (χ3n) is 9.37. The van der Waals surface area contributed by atoms with Crippen LogP contribution in [0, 0.1) is 11.8 Å². The van der Waals surface area contributed by atoms with Gasteiger partial charge in [0.25, 0.3) is 0 Å². The van der Waals surface area contributed by atoms with Crippen LogP contribution in [-0.4, -0.2) is 21.1 Å². The highest BCUT2D eigenvalue weighted by molar-refractivity contribution is 5.89. The number of anilines is 1. The Morgan fingerprint density at radius 1 is 1.14 bits per heavy atom. The summed E-state index contributed by atoms with van der Waals surface area (Å²) in [6.07, 6.45) is 10.1. The molecular weight excluding hydrogens is 432 g/mol. The zero-order valence-corrected chi connectivity index (χ0v) is 21.1. The Morgan fingerprint density at radius 3 is 2.80 bits per heavy atom. The topological polar surface area (TPSA) is 70.7 Å². The lowest BCUT2D eigenvalue weighted by atomic mass is 9.53. The number of nitrogens with zero attached hydrogens (tertiary/aromatic N) is 2. The van der Waals surface area contributed by atoms with Crippen molar-refractivity contribution >= 4 is 11.7 Å². The lowest BCUT2D eigenvalue weighted by molar-refractivity contribution is -0.116. The van der Waals surface area contributed by atoms with E-state index in [-0.39, 0.29) is 11.3 Å². The second-order valence-corrected chi connectivity index (χ2v) is 11.5. The van der Waals surface area contributed by atoms with Crippen LogP contribution in [0.15, 0.2) is 48.8 Å². The second kappa shape index (κ2) is 8.61. The minimum absolute atomic E-state index is 0.0507. The number of H-pyrrole nitrogens is 1. The SMILES string of the molecule is CC(C)c1ccc(NC(=O)CC[C@@H]2c3cn[nH]c3[C@@]3(C)CCC4c5ccccc5CCC4C23)nc1. The van der Waals surface area contributed by atoms with Crippen molar-refractivity contribution in [2.45, 2.75) is 82.5 Å². The molecule has 5 heteroatoms. The number of pyridine rings is 1. The van der Waals surface area contributed by atoms with Crippen molar-refractivity contribution in [1.82, 2.24) is 15.2 Å². The van der Waals surface area contributed by atoms with Crippen LogP contribution in [-0.2, 0) is 16.6 Å². The highest BCUT2D eigenvalue weighted by atomic mass is 16.1. The minimum atomic E-state index is 0.0507. The van der Waals surface area contributed by atoms with Gasteiger partial charge in [0.15, 0.2) is 0 Å². The van der Waals surface area contributed by atoms with Gasteiger partial charge in [-0.15, -0.1) is 0 Å². The Hall–Kier alpha value is -2.95. The lowest BCUT2D eigenvalue weighted by Gasteiger charge is -2.50. The molecular formula is C30H36N4O. The number of aromatic amines is 1. The summed E-state index contributed by atoms with van der Waals surface area (Å²) in [5, 5.41) is 10.9. The largest absolute Gasteiger partial charge is 0.311 e. The average Bonchev–Trinajstić information content (AvgIpc) is 3.44. The number of aryl methyl sites for hydroxylation is 1. The number of rotatable bonds is 5. The number of nitrogens with one attached hydrogen (secondary N) is 2. The van der Waals surface area contributed by atoms with E-state index >= 15 is 0 Å². The quantitative estimate of drug-likeness (QED) is 0.451. The molecule has 0 saturated heterocycles. The Morgan fingerprint density at radius 2 is 2.00 bits per heavy atom.